The van der Waals surface area contributed by atoms with Crippen molar-refractivity contribution < 1.29 is 14.5 Å². The highest BCUT2D eigenvalue weighted by molar-refractivity contribution is 5.99. The van der Waals surface area contributed by atoms with Gasteiger partial charge in [-0.2, -0.15) is 0 Å². The van der Waals surface area contributed by atoms with Gasteiger partial charge in [0, 0.05) is 30.5 Å². The minimum absolute atomic E-state index is 0.0450. The fourth-order valence-corrected chi connectivity index (χ4v) is 4.26. The van der Waals surface area contributed by atoms with E-state index in [0.717, 1.165) is 34.4 Å². The van der Waals surface area contributed by atoms with Crippen molar-refractivity contribution in [1.29, 1.82) is 0 Å². The van der Waals surface area contributed by atoms with Gasteiger partial charge in [0.25, 0.3) is 5.69 Å². The van der Waals surface area contributed by atoms with E-state index in [4.69, 9.17) is 4.74 Å². The summed E-state index contributed by atoms with van der Waals surface area (Å²) in [5, 5.41) is 11.0. The third-order valence-electron chi connectivity index (χ3n) is 5.63. The van der Waals surface area contributed by atoms with Crippen LogP contribution >= 0.6 is 0 Å². The van der Waals surface area contributed by atoms with E-state index < -0.39 is 4.92 Å². The van der Waals surface area contributed by atoms with Gasteiger partial charge in [0.15, 0.2) is 5.78 Å². The fourth-order valence-electron chi connectivity index (χ4n) is 4.26. The van der Waals surface area contributed by atoms with Gasteiger partial charge in [0.2, 0.25) is 0 Å². The molecule has 1 heterocycles. The number of non-ortho nitro benzene ring substituents is 1. The Kier molecular flexibility index (Phi) is 4.33. The number of benzene rings is 2. The summed E-state index contributed by atoms with van der Waals surface area (Å²) < 4.78 is 6.34. The first kappa shape index (κ1) is 18.4. The summed E-state index contributed by atoms with van der Waals surface area (Å²) >= 11 is 0. The van der Waals surface area contributed by atoms with Crippen molar-refractivity contribution in [2.45, 2.75) is 45.6 Å². The number of nitro groups is 1. The molecular formula is C23H23NO4. The SMILES string of the molecule is Cc1ccc([C@H]2C3=C(CC(C)(C)CC3=O)O[C@@H]2c2ccc([N+](=O)[O-])cc2)cc1. The number of allylic oxidation sites excluding steroid dienone is 1. The van der Waals surface area contributed by atoms with Crippen molar-refractivity contribution in [3.63, 3.8) is 0 Å². The van der Waals surface area contributed by atoms with E-state index >= 15 is 0 Å². The Balaban J connectivity index is 1.79. The van der Waals surface area contributed by atoms with Crippen molar-refractivity contribution in [1.82, 2.24) is 0 Å². The van der Waals surface area contributed by atoms with Crippen LogP contribution in [0.2, 0.25) is 0 Å². The van der Waals surface area contributed by atoms with Gasteiger partial charge in [-0.25, -0.2) is 0 Å². The van der Waals surface area contributed by atoms with Crippen molar-refractivity contribution in [3.05, 3.63) is 86.7 Å². The number of hydrogen-bond donors (Lipinski definition) is 0. The van der Waals surface area contributed by atoms with E-state index in [1.807, 2.05) is 31.2 Å². The second-order valence-corrected chi connectivity index (χ2v) is 8.55. The van der Waals surface area contributed by atoms with Crippen LogP contribution in [0.1, 0.15) is 55.4 Å². The average Bonchev–Trinajstić information content (AvgIpc) is 3.00. The van der Waals surface area contributed by atoms with E-state index in [-0.39, 0.29) is 28.9 Å². The van der Waals surface area contributed by atoms with Crippen molar-refractivity contribution in [3.8, 4) is 0 Å². The number of carbonyl (C=O) groups is 1. The molecule has 4 rings (SSSR count). The number of aryl methyl sites for hydroxylation is 1. The quantitative estimate of drug-likeness (QED) is 0.530. The van der Waals surface area contributed by atoms with E-state index in [0.29, 0.717) is 6.42 Å². The highest BCUT2D eigenvalue weighted by Gasteiger charge is 2.46. The molecule has 1 aliphatic heterocycles. The van der Waals surface area contributed by atoms with Crippen LogP contribution < -0.4 is 0 Å². The van der Waals surface area contributed by atoms with Crippen LogP contribution in [-0.2, 0) is 9.53 Å². The van der Waals surface area contributed by atoms with Gasteiger partial charge in [-0.15, -0.1) is 0 Å². The lowest BCUT2D eigenvalue weighted by atomic mass is 9.72. The molecule has 2 aromatic rings. The Morgan fingerprint density at radius 3 is 2.21 bits per heavy atom. The molecule has 2 aromatic carbocycles. The monoisotopic (exact) mass is 377 g/mol. The number of rotatable bonds is 3. The predicted octanol–water partition coefficient (Wildman–Crippen LogP) is 5.40. The number of nitrogens with zero attached hydrogens (tertiary/aromatic N) is 1. The van der Waals surface area contributed by atoms with Gasteiger partial charge in [-0.3, -0.25) is 14.9 Å². The molecule has 0 radical (unpaired) electrons. The molecule has 0 saturated heterocycles. The molecule has 0 saturated carbocycles. The van der Waals surface area contributed by atoms with Crippen LogP contribution in [0.15, 0.2) is 59.9 Å². The smallest absolute Gasteiger partial charge is 0.269 e. The molecule has 28 heavy (non-hydrogen) atoms. The second-order valence-electron chi connectivity index (χ2n) is 8.55. The summed E-state index contributed by atoms with van der Waals surface area (Å²) in [6.45, 7) is 6.19. The van der Waals surface area contributed by atoms with E-state index in [1.54, 1.807) is 12.1 Å². The van der Waals surface area contributed by atoms with Crippen LogP contribution in [0.3, 0.4) is 0 Å². The summed E-state index contributed by atoms with van der Waals surface area (Å²) in [6, 6.07) is 14.6. The summed E-state index contributed by atoms with van der Waals surface area (Å²) in [7, 11) is 0. The average molecular weight is 377 g/mol. The summed E-state index contributed by atoms with van der Waals surface area (Å²) in [4.78, 5) is 23.6. The molecule has 2 atom stereocenters. The summed E-state index contributed by atoms with van der Waals surface area (Å²) in [5.74, 6) is 0.720. The highest BCUT2D eigenvalue weighted by atomic mass is 16.6. The van der Waals surface area contributed by atoms with Crippen LogP contribution in [0.4, 0.5) is 5.69 Å². The minimum Gasteiger partial charge on any atom is -0.489 e. The van der Waals surface area contributed by atoms with Gasteiger partial charge < -0.3 is 4.74 Å². The Hall–Kier alpha value is -2.95. The maximum Gasteiger partial charge on any atom is 0.269 e. The lowest BCUT2D eigenvalue weighted by molar-refractivity contribution is -0.384. The van der Waals surface area contributed by atoms with Crippen LogP contribution in [-0.4, -0.2) is 10.7 Å². The molecule has 0 unspecified atom stereocenters. The zero-order valence-corrected chi connectivity index (χ0v) is 16.3. The zero-order chi connectivity index (χ0) is 20.1. The fraction of sp³-hybridized carbons (Fsp3) is 0.348. The molecule has 0 N–H and O–H groups in total. The molecule has 2 aliphatic rings. The minimum atomic E-state index is -0.411. The van der Waals surface area contributed by atoms with Crippen molar-refractivity contribution in [2.75, 3.05) is 0 Å². The van der Waals surface area contributed by atoms with E-state index in [1.165, 1.54) is 12.1 Å². The molecule has 0 amide bonds. The lowest BCUT2D eigenvalue weighted by Crippen LogP contribution is -2.26. The number of ketones is 1. The maximum absolute atomic E-state index is 13.0. The largest absolute Gasteiger partial charge is 0.489 e. The molecule has 144 valence electrons. The molecule has 0 aromatic heterocycles. The summed E-state index contributed by atoms with van der Waals surface area (Å²) in [6.07, 6.45) is 0.871. The Morgan fingerprint density at radius 1 is 1.00 bits per heavy atom. The molecule has 1 aliphatic carbocycles. The third-order valence-corrected chi connectivity index (χ3v) is 5.63. The molecule has 5 heteroatoms. The molecule has 5 nitrogen and oxygen atoms in total. The normalized spacial score (nSPS) is 23.3. The molecule has 0 fully saturated rings. The van der Waals surface area contributed by atoms with Gasteiger partial charge in [0.05, 0.1) is 10.8 Å². The Labute approximate surface area is 164 Å². The molecule has 0 spiro atoms. The number of carbonyl (C=O) groups excluding carboxylic acids is 1. The van der Waals surface area contributed by atoms with Gasteiger partial charge in [0.1, 0.15) is 11.9 Å². The number of nitro benzene ring substituents is 1. The first-order valence-corrected chi connectivity index (χ1v) is 9.49. The summed E-state index contributed by atoms with van der Waals surface area (Å²) in [5.41, 5.74) is 3.72. The standard InChI is InChI=1S/C23H23NO4/c1-14-4-6-15(7-5-14)20-21-18(25)12-23(2,3)13-19(21)28-22(20)16-8-10-17(11-9-16)24(26)27/h4-11,20,22H,12-13H2,1-3H3/t20-,22+/m0/s1. The second kappa shape index (κ2) is 6.59. The molecular weight excluding hydrogens is 354 g/mol. The topological polar surface area (TPSA) is 69.4 Å². The van der Waals surface area contributed by atoms with Crippen LogP contribution in [0.25, 0.3) is 0 Å². The predicted molar refractivity (Wildman–Crippen MR) is 106 cm³/mol. The third kappa shape index (κ3) is 3.21. The van der Waals surface area contributed by atoms with Crippen LogP contribution in [0.5, 0.6) is 0 Å². The first-order chi connectivity index (χ1) is 13.2. The maximum atomic E-state index is 13.0. The van der Waals surface area contributed by atoms with Crippen molar-refractivity contribution >= 4 is 11.5 Å². The van der Waals surface area contributed by atoms with Gasteiger partial charge in [-0.05, 0) is 35.6 Å². The van der Waals surface area contributed by atoms with E-state index in [2.05, 4.69) is 13.8 Å². The Bertz CT molecular complexity index is 971. The number of hydrogen-bond acceptors (Lipinski definition) is 4. The highest BCUT2D eigenvalue weighted by Crippen LogP contribution is 2.53. The van der Waals surface area contributed by atoms with Gasteiger partial charge >= 0.3 is 0 Å². The van der Waals surface area contributed by atoms with Crippen molar-refractivity contribution in [2.24, 2.45) is 5.41 Å². The van der Waals surface area contributed by atoms with Gasteiger partial charge in [-0.1, -0.05) is 43.7 Å². The number of Topliss-reactive ketones (excluding diaryl/α,β-unsaturated/α-hetero) is 1. The van der Waals surface area contributed by atoms with Crippen LogP contribution in [0, 0.1) is 22.5 Å². The zero-order valence-electron chi connectivity index (χ0n) is 16.3. The molecule has 0 bridgehead atoms. The lowest BCUT2D eigenvalue weighted by Gasteiger charge is -2.29. The number of ether oxygens (including phenoxy) is 1. The Morgan fingerprint density at radius 2 is 1.61 bits per heavy atom. The first-order valence-electron chi connectivity index (χ1n) is 9.49. The van der Waals surface area contributed by atoms with E-state index in [9.17, 15) is 14.9 Å².